The van der Waals surface area contributed by atoms with Crippen LogP contribution in [0.4, 0.5) is 13.2 Å². The molecule has 1 saturated heterocycles. The number of alkyl halides is 3. The van der Waals surface area contributed by atoms with Gasteiger partial charge in [0.2, 0.25) is 17.5 Å². The summed E-state index contributed by atoms with van der Waals surface area (Å²) in [6.07, 6.45) is -1.97. The van der Waals surface area contributed by atoms with Crippen molar-refractivity contribution in [2.45, 2.75) is 12.3 Å². The third-order valence-corrected chi connectivity index (χ3v) is 4.57. The Morgan fingerprint density at radius 2 is 1.74 bits per heavy atom. The van der Waals surface area contributed by atoms with Gasteiger partial charge < -0.3 is 23.8 Å². The van der Waals surface area contributed by atoms with Gasteiger partial charge in [0.25, 0.3) is 0 Å². The molecule has 0 bridgehead atoms. The molecule has 1 fully saturated rings. The summed E-state index contributed by atoms with van der Waals surface area (Å²) in [5.74, 6) is 0.977. The van der Waals surface area contributed by atoms with Crippen LogP contribution >= 0.6 is 0 Å². The lowest BCUT2D eigenvalue weighted by atomic mass is 10.1. The molecule has 0 saturated carbocycles. The summed E-state index contributed by atoms with van der Waals surface area (Å²) < 4.78 is 59.4. The average Bonchev–Trinajstić information content (AvgIpc) is 2.72. The number of hydrogen-bond donors (Lipinski definition) is 0. The van der Waals surface area contributed by atoms with E-state index in [0.717, 1.165) is 6.07 Å². The van der Waals surface area contributed by atoms with E-state index in [9.17, 15) is 18.0 Å². The quantitative estimate of drug-likeness (QED) is 0.617. The maximum atomic E-state index is 12.7. The summed E-state index contributed by atoms with van der Waals surface area (Å²) >= 11 is 0. The number of carbonyl (C=O) groups excluding carboxylic acids is 1. The second-order valence-electron chi connectivity index (χ2n) is 6.63. The van der Waals surface area contributed by atoms with E-state index in [4.69, 9.17) is 18.9 Å². The van der Waals surface area contributed by atoms with E-state index < -0.39 is 18.0 Å². The molecule has 0 spiro atoms. The second kappa shape index (κ2) is 9.15. The molecule has 0 atom stereocenters. The van der Waals surface area contributed by atoms with E-state index in [2.05, 4.69) is 4.98 Å². The lowest BCUT2D eigenvalue weighted by molar-refractivity contribution is -0.141. The van der Waals surface area contributed by atoms with Gasteiger partial charge in [-0.25, -0.2) is 4.98 Å². The Morgan fingerprint density at radius 3 is 2.29 bits per heavy atom. The molecule has 1 amide bonds. The fourth-order valence-electron chi connectivity index (χ4n) is 2.97. The molecule has 1 aliphatic heterocycles. The number of rotatable bonds is 7. The summed E-state index contributed by atoms with van der Waals surface area (Å²) in [4.78, 5) is 17.3. The first kappa shape index (κ1) is 22.3. The first-order valence-electron chi connectivity index (χ1n) is 9.23. The smallest absolute Gasteiger partial charge is 0.433 e. The number of methoxy groups -OCH3 is 3. The summed E-state index contributed by atoms with van der Waals surface area (Å²) in [6, 6.07) is 6.85. The maximum Gasteiger partial charge on any atom is 0.433 e. The van der Waals surface area contributed by atoms with Crippen LogP contribution in [0, 0.1) is 0 Å². The van der Waals surface area contributed by atoms with Crippen LogP contribution in [0.15, 0.2) is 36.4 Å². The summed E-state index contributed by atoms with van der Waals surface area (Å²) in [5, 5.41) is 0. The van der Waals surface area contributed by atoms with E-state index in [0.29, 0.717) is 22.8 Å². The minimum atomic E-state index is -4.54. The SMILES string of the molecule is COc1cc(/C=C/C(=O)N2CC(Oc3cccc(C(F)(F)F)n3)C2)cc(OC)c1OC. The average molecular weight is 438 g/mol. The highest BCUT2D eigenvalue weighted by Crippen LogP contribution is 2.38. The molecule has 1 aliphatic rings. The number of benzene rings is 1. The molecule has 2 aromatic rings. The predicted molar refractivity (Wildman–Crippen MR) is 105 cm³/mol. The fourth-order valence-corrected chi connectivity index (χ4v) is 2.97. The molecule has 0 unspecified atom stereocenters. The van der Waals surface area contributed by atoms with Crippen molar-refractivity contribution in [1.29, 1.82) is 0 Å². The zero-order valence-corrected chi connectivity index (χ0v) is 17.1. The molecule has 0 N–H and O–H groups in total. The molecule has 2 heterocycles. The van der Waals surface area contributed by atoms with Crippen LogP contribution < -0.4 is 18.9 Å². The highest BCUT2D eigenvalue weighted by Gasteiger charge is 2.34. The largest absolute Gasteiger partial charge is 0.493 e. The molecule has 1 aromatic carbocycles. The normalized spacial score (nSPS) is 14.3. The standard InChI is InChI=1S/C21H21F3N2O5/c1-28-15-9-13(10-16(29-2)20(15)30-3)7-8-19(27)26-11-14(12-26)31-18-6-4-5-17(25-18)21(22,23)24/h4-10,14H,11-12H2,1-3H3/b8-7+. The molecular weight excluding hydrogens is 417 g/mol. The van der Waals surface area contributed by atoms with Crippen molar-refractivity contribution in [1.82, 2.24) is 9.88 Å². The monoisotopic (exact) mass is 438 g/mol. The Hall–Kier alpha value is -3.43. The first-order chi connectivity index (χ1) is 14.7. The van der Waals surface area contributed by atoms with Crippen LogP contribution in [0.1, 0.15) is 11.3 Å². The van der Waals surface area contributed by atoms with Gasteiger partial charge in [0.05, 0.1) is 34.4 Å². The highest BCUT2D eigenvalue weighted by molar-refractivity contribution is 5.92. The molecular formula is C21H21F3N2O5. The molecule has 166 valence electrons. The molecule has 3 rings (SSSR count). The number of carbonyl (C=O) groups is 1. The van der Waals surface area contributed by atoms with Crippen molar-refractivity contribution in [2.24, 2.45) is 0 Å². The number of aromatic nitrogens is 1. The topological polar surface area (TPSA) is 70.1 Å². The van der Waals surface area contributed by atoms with Gasteiger partial charge in [-0.2, -0.15) is 13.2 Å². The van der Waals surface area contributed by atoms with Gasteiger partial charge in [-0.05, 0) is 29.8 Å². The van der Waals surface area contributed by atoms with Crippen molar-refractivity contribution in [2.75, 3.05) is 34.4 Å². The molecule has 0 aliphatic carbocycles. The Morgan fingerprint density at radius 1 is 1.10 bits per heavy atom. The molecule has 0 radical (unpaired) electrons. The summed E-state index contributed by atoms with van der Waals surface area (Å²) in [5.41, 5.74) is -0.352. The van der Waals surface area contributed by atoms with Crippen molar-refractivity contribution < 1.29 is 36.9 Å². The van der Waals surface area contributed by atoms with E-state index >= 15 is 0 Å². The summed E-state index contributed by atoms with van der Waals surface area (Å²) in [7, 11) is 4.49. The number of nitrogens with zero attached hydrogens (tertiary/aromatic N) is 2. The van der Waals surface area contributed by atoms with Crippen molar-refractivity contribution >= 4 is 12.0 Å². The van der Waals surface area contributed by atoms with Crippen LogP contribution in [0.5, 0.6) is 23.1 Å². The molecule has 10 heteroatoms. The number of halogens is 3. The third kappa shape index (κ3) is 5.19. The van der Waals surface area contributed by atoms with Crippen molar-refractivity contribution in [3.05, 3.63) is 47.7 Å². The minimum Gasteiger partial charge on any atom is -0.493 e. The number of ether oxygens (including phenoxy) is 4. The van der Waals surface area contributed by atoms with Gasteiger partial charge in [0.1, 0.15) is 11.8 Å². The van der Waals surface area contributed by atoms with Crippen LogP contribution in [0.2, 0.25) is 0 Å². The van der Waals surface area contributed by atoms with Crippen molar-refractivity contribution in [3.8, 4) is 23.1 Å². The Kier molecular flexibility index (Phi) is 6.57. The number of hydrogen-bond acceptors (Lipinski definition) is 6. The van der Waals surface area contributed by atoms with Crippen LogP contribution in [0.3, 0.4) is 0 Å². The van der Waals surface area contributed by atoms with Gasteiger partial charge in [-0.15, -0.1) is 0 Å². The van der Waals surface area contributed by atoms with Crippen molar-refractivity contribution in [3.63, 3.8) is 0 Å². The third-order valence-electron chi connectivity index (χ3n) is 4.57. The predicted octanol–water partition coefficient (Wildman–Crippen LogP) is 3.43. The number of amides is 1. The van der Waals surface area contributed by atoms with Gasteiger partial charge in [-0.3, -0.25) is 4.79 Å². The molecule has 7 nitrogen and oxygen atoms in total. The zero-order valence-electron chi connectivity index (χ0n) is 17.1. The molecule has 1 aromatic heterocycles. The Balaban J connectivity index is 1.58. The van der Waals surface area contributed by atoms with Gasteiger partial charge in [0.15, 0.2) is 11.5 Å². The van der Waals surface area contributed by atoms with E-state index in [1.165, 1.54) is 44.4 Å². The zero-order chi connectivity index (χ0) is 22.6. The fraction of sp³-hybridized carbons (Fsp3) is 0.333. The van der Waals surface area contributed by atoms with Gasteiger partial charge in [0, 0.05) is 12.1 Å². The Bertz CT molecular complexity index is 947. The lowest BCUT2D eigenvalue weighted by Crippen LogP contribution is -2.55. The van der Waals surface area contributed by atoms with Gasteiger partial charge in [-0.1, -0.05) is 6.07 Å². The number of likely N-dealkylation sites (tertiary alicyclic amines) is 1. The van der Waals surface area contributed by atoms with Gasteiger partial charge >= 0.3 is 6.18 Å². The lowest BCUT2D eigenvalue weighted by Gasteiger charge is -2.38. The maximum absolute atomic E-state index is 12.7. The van der Waals surface area contributed by atoms with E-state index in [-0.39, 0.29) is 24.9 Å². The molecule has 31 heavy (non-hydrogen) atoms. The van der Waals surface area contributed by atoms with Crippen LogP contribution in [-0.4, -0.2) is 56.3 Å². The Labute approximate surface area is 177 Å². The van der Waals surface area contributed by atoms with Crippen LogP contribution in [0.25, 0.3) is 6.08 Å². The van der Waals surface area contributed by atoms with E-state index in [1.807, 2.05) is 0 Å². The second-order valence-corrected chi connectivity index (χ2v) is 6.63. The highest BCUT2D eigenvalue weighted by atomic mass is 19.4. The first-order valence-corrected chi connectivity index (χ1v) is 9.23. The minimum absolute atomic E-state index is 0.125. The van der Waals surface area contributed by atoms with E-state index in [1.54, 1.807) is 18.2 Å². The summed E-state index contributed by atoms with van der Waals surface area (Å²) in [6.45, 7) is 0.493. The number of pyridine rings is 1. The van der Waals surface area contributed by atoms with Crippen LogP contribution in [-0.2, 0) is 11.0 Å².